The smallest absolute Gasteiger partial charge is 0.240 e. The summed E-state index contributed by atoms with van der Waals surface area (Å²) >= 11 is 2.13. The number of para-hydroxylation sites is 2. The summed E-state index contributed by atoms with van der Waals surface area (Å²) < 4.78 is 37.6. The molecule has 0 saturated heterocycles. The summed E-state index contributed by atoms with van der Waals surface area (Å²) in [4.78, 5) is 12.3. The Labute approximate surface area is 171 Å². The highest BCUT2D eigenvalue weighted by Crippen LogP contribution is 2.30. The van der Waals surface area contributed by atoms with Crippen LogP contribution in [0.15, 0.2) is 48.5 Å². The van der Waals surface area contributed by atoms with E-state index in [1.807, 2.05) is 18.2 Å². The lowest BCUT2D eigenvalue weighted by Gasteiger charge is -2.27. The van der Waals surface area contributed by atoms with Crippen molar-refractivity contribution in [3.63, 3.8) is 0 Å². The number of halogens is 1. The molecule has 0 saturated carbocycles. The molecular formula is C18H19IN2O5S. The molecule has 0 bridgehead atoms. The van der Waals surface area contributed by atoms with Gasteiger partial charge in [-0.2, -0.15) is 0 Å². The van der Waals surface area contributed by atoms with Crippen LogP contribution in [0.2, 0.25) is 0 Å². The van der Waals surface area contributed by atoms with Gasteiger partial charge in [0.25, 0.3) is 0 Å². The van der Waals surface area contributed by atoms with Crippen molar-refractivity contribution in [1.82, 2.24) is 5.32 Å². The summed E-state index contributed by atoms with van der Waals surface area (Å²) in [7, 11) is -3.59. The van der Waals surface area contributed by atoms with Gasteiger partial charge in [-0.1, -0.05) is 12.1 Å². The third-order valence-corrected chi connectivity index (χ3v) is 5.76. The number of benzene rings is 2. The highest BCUT2D eigenvalue weighted by atomic mass is 127. The Bertz CT molecular complexity index is 918. The predicted octanol–water partition coefficient (Wildman–Crippen LogP) is 2.01. The fraction of sp³-hybridized carbons (Fsp3) is 0.278. The van der Waals surface area contributed by atoms with Gasteiger partial charge in [0.15, 0.2) is 11.5 Å². The van der Waals surface area contributed by atoms with E-state index >= 15 is 0 Å². The summed E-state index contributed by atoms with van der Waals surface area (Å²) in [5, 5.41) is 2.72. The molecule has 9 heteroatoms. The number of fused-ring (bicyclic) bond motifs is 1. The molecule has 0 spiro atoms. The third-order valence-electron chi connectivity index (χ3n) is 3.90. The van der Waals surface area contributed by atoms with Crippen molar-refractivity contribution in [2.75, 3.05) is 30.3 Å². The standard InChI is InChI=1S/C18H19IN2O5S/c1-27(23,24)21(14-8-6-13(19)7-9-14)11-18(22)20-10-15-12-25-16-4-2-3-5-17(16)26-15/h2-9,15H,10-12H2,1H3,(H,20,22). The minimum Gasteiger partial charge on any atom is -0.486 e. The first-order valence-corrected chi connectivity index (χ1v) is 11.1. The van der Waals surface area contributed by atoms with Crippen molar-refractivity contribution in [2.45, 2.75) is 6.10 Å². The molecule has 0 fully saturated rings. The zero-order valence-corrected chi connectivity index (χ0v) is 17.6. The van der Waals surface area contributed by atoms with Gasteiger partial charge in [0.1, 0.15) is 19.3 Å². The van der Waals surface area contributed by atoms with Gasteiger partial charge in [0.2, 0.25) is 15.9 Å². The number of carbonyl (C=O) groups excluding carboxylic acids is 1. The number of amides is 1. The fourth-order valence-corrected chi connectivity index (χ4v) is 3.80. The first-order chi connectivity index (χ1) is 12.8. The first-order valence-electron chi connectivity index (χ1n) is 8.21. The van der Waals surface area contributed by atoms with Gasteiger partial charge < -0.3 is 14.8 Å². The maximum absolute atomic E-state index is 12.3. The number of hydrogen-bond donors (Lipinski definition) is 1. The molecule has 1 atom stereocenters. The minimum atomic E-state index is -3.59. The molecule has 1 unspecified atom stereocenters. The van der Waals surface area contributed by atoms with Crippen LogP contribution in [0.3, 0.4) is 0 Å². The number of nitrogens with zero attached hydrogens (tertiary/aromatic N) is 1. The van der Waals surface area contributed by atoms with Gasteiger partial charge in [0, 0.05) is 3.57 Å². The quantitative estimate of drug-likeness (QED) is 0.612. The Morgan fingerprint density at radius 1 is 1.19 bits per heavy atom. The fourth-order valence-electron chi connectivity index (χ4n) is 2.59. The normalized spacial score (nSPS) is 15.9. The Morgan fingerprint density at radius 3 is 2.52 bits per heavy atom. The summed E-state index contributed by atoms with van der Waals surface area (Å²) in [6.45, 7) is 0.227. The molecule has 1 heterocycles. The van der Waals surface area contributed by atoms with Crippen molar-refractivity contribution in [2.24, 2.45) is 0 Å². The molecule has 27 heavy (non-hydrogen) atoms. The van der Waals surface area contributed by atoms with Crippen molar-refractivity contribution >= 4 is 44.2 Å². The average Bonchev–Trinajstić information content (AvgIpc) is 2.64. The largest absolute Gasteiger partial charge is 0.486 e. The number of rotatable bonds is 6. The number of hydrogen-bond acceptors (Lipinski definition) is 5. The molecule has 7 nitrogen and oxygen atoms in total. The van der Waals surface area contributed by atoms with Crippen molar-refractivity contribution in [1.29, 1.82) is 0 Å². The second-order valence-electron chi connectivity index (χ2n) is 6.05. The van der Waals surface area contributed by atoms with Crippen LogP contribution in [-0.2, 0) is 14.8 Å². The number of nitrogens with one attached hydrogen (secondary N) is 1. The predicted molar refractivity (Wildman–Crippen MR) is 111 cm³/mol. The lowest BCUT2D eigenvalue weighted by Crippen LogP contribution is -2.45. The van der Waals surface area contributed by atoms with E-state index in [4.69, 9.17) is 9.47 Å². The lowest BCUT2D eigenvalue weighted by atomic mass is 10.2. The Balaban J connectivity index is 1.59. The van der Waals surface area contributed by atoms with E-state index in [9.17, 15) is 13.2 Å². The lowest BCUT2D eigenvalue weighted by molar-refractivity contribution is -0.120. The maximum Gasteiger partial charge on any atom is 0.240 e. The molecule has 0 radical (unpaired) electrons. The van der Waals surface area contributed by atoms with E-state index < -0.39 is 15.9 Å². The van der Waals surface area contributed by atoms with Crippen LogP contribution in [0.1, 0.15) is 0 Å². The van der Waals surface area contributed by atoms with Crippen LogP contribution in [0, 0.1) is 3.57 Å². The molecule has 1 N–H and O–H groups in total. The summed E-state index contributed by atoms with van der Waals surface area (Å²) in [5.74, 6) is 0.878. The van der Waals surface area contributed by atoms with Crippen molar-refractivity contribution < 1.29 is 22.7 Å². The van der Waals surface area contributed by atoms with E-state index in [1.54, 1.807) is 30.3 Å². The van der Waals surface area contributed by atoms with Crippen molar-refractivity contribution in [3.8, 4) is 11.5 Å². The zero-order valence-electron chi connectivity index (χ0n) is 14.6. The van der Waals surface area contributed by atoms with Crippen molar-refractivity contribution in [3.05, 3.63) is 52.1 Å². The van der Waals surface area contributed by atoms with E-state index in [1.165, 1.54) is 0 Å². The van der Waals surface area contributed by atoms with Crippen LogP contribution < -0.4 is 19.1 Å². The first kappa shape index (κ1) is 19.7. The SMILES string of the molecule is CS(=O)(=O)N(CC(=O)NCC1COc2ccccc2O1)c1ccc(I)cc1. The molecule has 1 amide bonds. The van der Waals surface area contributed by atoms with Gasteiger partial charge >= 0.3 is 0 Å². The Kier molecular flexibility index (Phi) is 6.10. The number of carbonyl (C=O) groups is 1. The van der Waals surface area contributed by atoms with E-state index in [0.717, 1.165) is 14.1 Å². The van der Waals surface area contributed by atoms with Gasteiger partial charge in [-0.3, -0.25) is 9.10 Å². The molecule has 1 aliphatic heterocycles. The van der Waals surface area contributed by atoms with E-state index in [0.29, 0.717) is 23.8 Å². The molecular weight excluding hydrogens is 483 g/mol. The number of anilines is 1. The van der Waals surface area contributed by atoms with Gasteiger partial charge in [-0.15, -0.1) is 0 Å². The second kappa shape index (κ2) is 8.34. The Morgan fingerprint density at radius 2 is 1.85 bits per heavy atom. The van der Waals surface area contributed by atoms with Crippen LogP contribution in [0.4, 0.5) is 5.69 Å². The molecule has 2 aromatic rings. The van der Waals surface area contributed by atoms with Crippen LogP contribution in [0.5, 0.6) is 11.5 Å². The molecule has 3 rings (SSSR count). The zero-order chi connectivity index (χ0) is 19.4. The van der Waals surface area contributed by atoms with Gasteiger partial charge in [-0.05, 0) is 59.0 Å². The topological polar surface area (TPSA) is 84.9 Å². The number of sulfonamides is 1. The molecule has 1 aliphatic rings. The molecule has 2 aromatic carbocycles. The Hall–Kier alpha value is -2.01. The van der Waals surface area contributed by atoms with Crippen LogP contribution >= 0.6 is 22.6 Å². The molecule has 0 aliphatic carbocycles. The second-order valence-corrected chi connectivity index (χ2v) is 9.20. The highest BCUT2D eigenvalue weighted by Gasteiger charge is 2.24. The van der Waals surface area contributed by atoms with E-state index in [-0.39, 0.29) is 19.2 Å². The van der Waals surface area contributed by atoms with E-state index in [2.05, 4.69) is 27.9 Å². The van der Waals surface area contributed by atoms with Gasteiger partial charge in [-0.25, -0.2) is 8.42 Å². The average molecular weight is 502 g/mol. The van der Waals surface area contributed by atoms with Crippen LogP contribution in [0.25, 0.3) is 0 Å². The molecule has 0 aromatic heterocycles. The summed E-state index contributed by atoms with van der Waals surface area (Å²) in [5.41, 5.74) is 0.444. The van der Waals surface area contributed by atoms with Crippen LogP contribution in [-0.4, -0.2) is 46.4 Å². The monoisotopic (exact) mass is 502 g/mol. The minimum absolute atomic E-state index is 0.220. The van der Waals surface area contributed by atoms with Gasteiger partial charge in [0.05, 0.1) is 18.5 Å². The molecule has 144 valence electrons. The third kappa shape index (κ3) is 5.25. The summed E-state index contributed by atoms with van der Waals surface area (Å²) in [6, 6.07) is 14.2. The highest BCUT2D eigenvalue weighted by molar-refractivity contribution is 14.1. The summed E-state index contributed by atoms with van der Waals surface area (Å²) in [6.07, 6.45) is 0.738. The maximum atomic E-state index is 12.3. The number of ether oxygens (including phenoxy) is 2.